The van der Waals surface area contributed by atoms with Crippen molar-refractivity contribution >= 4 is 5.91 Å². The van der Waals surface area contributed by atoms with Gasteiger partial charge in [-0.1, -0.05) is 24.3 Å². The van der Waals surface area contributed by atoms with Gasteiger partial charge in [0.1, 0.15) is 18.2 Å². The van der Waals surface area contributed by atoms with E-state index in [2.05, 4.69) is 0 Å². The van der Waals surface area contributed by atoms with Crippen molar-refractivity contribution in [2.75, 3.05) is 13.1 Å². The summed E-state index contributed by atoms with van der Waals surface area (Å²) in [6.45, 7) is 3.71. The number of carbonyl (C=O) groups excluding carboxylic acids is 1. The Balaban J connectivity index is 1.71. The molecule has 3 rings (SSSR count). The summed E-state index contributed by atoms with van der Waals surface area (Å²) < 4.78 is 18.9. The van der Waals surface area contributed by atoms with Gasteiger partial charge in [-0.3, -0.25) is 4.79 Å². The molecule has 26 heavy (non-hydrogen) atoms. The van der Waals surface area contributed by atoms with Crippen LogP contribution in [0.4, 0.5) is 4.39 Å². The third-order valence-corrected chi connectivity index (χ3v) is 4.91. The van der Waals surface area contributed by atoms with Crippen molar-refractivity contribution in [3.05, 3.63) is 65.5 Å². The number of ether oxygens (including phenoxy) is 1. The predicted molar refractivity (Wildman–Crippen MR) is 99.5 cm³/mol. The second-order valence-electron chi connectivity index (χ2n) is 6.92. The molecule has 2 aromatic rings. The molecule has 0 radical (unpaired) electrons. The largest absolute Gasteiger partial charge is 0.488 e. The molecule has 2 aromatic carbocycles. The van der Waals surface area contributed by atoms with Crippen molar-refractivity contribution in [3.63, 3.8) is 0 Å². The Hall–Kier alpha value is -2.40. The van der Waals surface area contributed by atoms with E-state index in [1.165, 1.54) is 12.1 Å². The highest BCUT2D eigenvalue weighted by molar-refractivity contribution is 5.97. The van der Waals surface area contributed by atoms with Gasteiger partial charge in [0, 0.05) is 19.1 Å². The highest BCUT2D eigenvalue weighted by Gasteiger charge is 2.27. The molecule has 1 aliphatic heterocycles. The van der Waals surface area contributed by atoms with E-state index in [1.54, 1.807) is 24.3 Å². The zero-order valence-electron chi connectivity index (χ0n) is 15.0. The lowest BCUT2D eigenvalue weighted by Gasteiger charge is -2.35. The first-order chi connectivity index (χ1) is 12.5. The Bertz CT molecular complexity index is 746. The van der Waals surface area contributed by atoms with Gasteiger partial charge in [0.25, 0.3) is 5.91 Å². The summed E-state index contributed by atoms with van der Waals surface area (Å²) in [5.74, 6) is 0.577. The van der Waals surface area contributed by atoms with Gasteiger partial charge in [-0.25, -0.2) is 4.39 Å². The normalized spacial score (nSPS) is 18.4. The molecule has 4 nitrogen and oxygen atoms in total. The summed E-state index contributed by atoms with van der Waals surface area (Å²) >= 11 is 0. The first kappa shape index (κ1) is 18.4. The van der Waals surface area contributed by atoms with Crippen LogP contribution < -0.4 is 10.5 Å². The lowest BCUT2D eigenvalue weighted by molar-refractivity contribution is 0.0656. The summed E-state index contributed by atoms with van der Waals surface area (Å²) in [4.78, 5) is 14.9. The maximum atomic E-state index is 13.0. The Morgan fingerprint density at radius 3 is 2.73 bits per heavy atom. The summed E-state index contributed by atoms with van der Waals surface area (Å²) in [5.41, 5.74) is 7.44. The molecular weight excluding hydrogens is 331 g/mol. The Morgan fingerprint density at radius 1 is 1.27 bits per heavy atom. The number of nitrogens with two attached hydrogens (primary N) is 1. The molecule has 1 amide bonds. The fourth-order valence-electron chi connectivity index (χ4n) is 3.30. The average molecular weight is 356 g/mol. The van der Waals surface area contributed by atoms with Crippen LogP contribution in [-0.4, -0.2) is 29.9 Å². The molecule has 0 aromatic heterocycles. The molecule has 2 N–H and O–H groups in total. The molecule has 0 bridgehead atoms. The number of piperidine rings is 1. The van der Waals surface area contributed by atoms with Gasteiger partial charge in [-0.2, -0.15) is 0 Å². The van der Waals surface area contributed by atoms with Gasteiger partial charge in [0.05, 0.1) is 5.56 Å². The molecule has 0 spiro atoms. The number of nitrogens with zero attached hydrogens (tertiary/aromatic N) is 1. The second kappa shape index (κ2) is 8.32. The van der Waals surface area contributed by atoms with Crippen LogP contribution in [0.3, 0.4) is 0 Å². The summed E-state index contributed by atoms with van der Waals surface area (Å²) in [6, 6.07) is 13.5. The molecule has 5 heteroatoms. The number of hydrogen-bond donors (Lipinski definition) is 1. The van der Waals surface area contributed by atoms with Crippen molar-refractivity contribution < 1.29 is 13.9 Å². The summed E-state index contributed by atoms with van der Waals surface area (Å²) in [6.07, 6.45) is 2.03. The second-order valence-corrected chi connectivity index (χ2v) is 6.92. The van der Waals surface area contributed by atoms with E-state index in [0.29, 0.717) is 23.8 Å². The number of benzene rings is 2. The molecule has 2 unspecified atom stereocenters. The standard InChI is InChI=1S/C21H25FN2O2/c1-15(23)17-5-4-12-24(13-17)21(25)19-6-2-3-7-20(19)26-14-16-8-10-18(22)11-9-16/h2-3,6-11,15,17H,4-5,12-14,23H2,1H3. The quantitative estimate of drug-likeness (QED) is 0.890. The molecule has 1 aliphatic rings. The molecule has 0 aliphatic carbocycles. The molecule has 1 fully saturated rings. The third kappa shape index (κ3) is 4.41. The SMILES string of the molecule is CC(N)C1CCCN(C(=O)c2ccccc2OCc2ccc(F)cc2)C1. The van der Waals surface area contributed by atoms with Crippen molar-refractivity contribution in [2.45, 2.75) is 32.4 Å². The first-order valence-corrected chi connectivity index (χ1v) is 9.05. The lowest BCUT2D eigenvalue weighted by Crippen LogP contribution is -2.45. The highest BCUT2D eigenvalue weighted by Crippen LogP contribution is 2.25. The van der Waals surface area contributed by atoms with Crippen molar-refractivity contribution in [1.29, 1.82) is 0 Å². The fraction of sp³-hybridized carbons (Fsp3) is 0.381. The van der Waals surface area contributed by atoms with Gasteiger partial charge in [0.15, 0.2) is 0 Å². The molecule has 2 atom stereocenters. The Kier molecular flexibility index (Phi) is 5.89. The zero-order chi connectivity index (χ0) is 18.5. The van der Waals surface area contributed by atoms with E-state index in [1.807, 2.05) is 24.0 Å². The number of para-hydroxylation sites is 1. The predicted octanol–water partition coefficient (Wildman–Crippen LogP) is 3.60. The summed E-state index contributed by atoms with van der Waals surface area (Å²) in [7, 11) is 0. The number of hydrogen-bond acceptors (Lipinski definition) is 3. The van der Waals surface area contributed by atoms with E-state index in [9.17, 15) is 9.18 Å². The van der Waals surface area contributed by atoms with Crippen LogP contribution in [0.1, 0.15) is 35.7 Å². The maximum absolute atomic E-state index is 13.0. The fourth-order valence-corrected chi connectivity index (χ4v) is 3.30. The Morgan fingerprint density at radius 2 is 2.00 bits per heavy atom. The monoisotopic (exact) mass is 356 g/mol. The highest BCUT2D eigenvalue weighted by atomic mass is 19.1. The van der Waals surface area contributed by atoms with Crippen molar-refractivity contribution in [1.82, 2.24) is 4.90 Å². The van der Waals surface area contributed by atoms with Crippen LogP contribution in [0, 0.1) is 11.7 Å². The minimum absolute atomic E-state index is 0.0231. The average Bonchev–Trinajstić information content (AvgIpc) is 2.67. The van der Waals surface area contributed by atoms with E-state index >= 15 is 0 Å². The first-order valence-electron chi connectivity index (χ1n) is 9.05. The van der Waals surface area contributed by atoms with E-state index in [4.69, 9.17) is 10.5 Å². The van der Waals surface area contributed by atoms with Crippen molar-refractivity contribution in [3.8, 4) is 5.75 Å². The van der Waals surface area contributed by atoms with Crippen molar-refractivity contribution in [2.24, 2.45) is 11.7 Å². The van der Waals surface area contributed by atoms with E-state index in [-0.39, 0.29) is 24.4 Å². The van der Waals surface area contributed by atoms with E-state index in [0.717, 1.165) is 24.9 Å². The topological polar surface area (TPSA) is 55.6 Å². The minimum Gasteiger partial charge on any atom is -0.488 e. The molecule has 138 valence electrons. The molecule has 1 heterocycles. The number of carbonyl (C=O) groups is 1. The minimum atomic E-state index is -0.280. The van der Waals surface area contributed by atoms with Gasteiger partial charge in [-0.05, 0) is 55.5 Å². The van der Waals surface area contributed by atoms with Crippen LogP contribution in [0.25, 0.3) is 0 Å². The molecule has 0 saturated carbocycles. The molecular formula is C21H25FN2O2. The van der Waals surface area contributed by atoms with Gasteiger partial charge >= 0.3 is 0 Å². The number of amides is 1. The van der Waals surface area contributed by atoms with Gasteiger partial charge in [0.2, 0.25) is 0 Å². The van der Waals surface area contributed by atoms with Crippen LogP contribution >= 0.6 is 0 Å². The maximum Gasteiger partial charge on any atom is 0.257 e. The number of rotatable bonds is 5. The number of halogens is 1. The van der Waals surface area contributed by atoms with Crippen LogP contribution in [-0.2, 0) is 6.61 Å². The van der Waals surface area contributed by atoms with E-state index < -0.39 is 0 Å². The van der Waals surface area contributed by atoms with Gasteiger partial charge in [-0.15, -0.1) is 0 Å². The summed E-state index contributed by atoms with van der Waals surface area (Å²) in [5, 5.41) is 0. The lowest BCUT2D eigenvalue weighted by atomic mass is 9.92. The smallest absolute Gasteiger partial charge is 0.257 e. The van der Waals surface area contributed by atoms with Crippen LogP contribution in [0.15, 0.2) is 48.5 Å². The zero-order valence-corrected chi connectivity index (χ0v) is 15.0. The third-order valence-electron chi connectivity index (χ3n) is 4.91. The van der Waals surface area contributed by atoms with Crippen LogP contribution in [0.2, 0.25) is 0 Å². The van der Waals surface area contributed by atoms with Gasteiger partial charge < -0.3 is 15.4 Å². The Labute approximate surface area is 153 Å². The van der Waals surface area contributed by atoms with Crippen LogP contribution in [0.5, 0.6) is 5.75 Å². The number of likely N-dealkylation sites (tertiary alicyclic amines) is 1. The molecule has 1 saturated heterocycles.